The Labute approximate surface area is 121 Å². The highest BCUT2D eigenvalue weighted by molar-refractivity contribution is 5.62. The molecule has 1 aromatic heterocycles. The number of hydrogen-bond donors (Lipinski definition) is 1. The lowest BCUT2D eigenvalue weighted by atomic mass is 9.99. The van der Waals surface area contributed by atoms with Gasteiger partial charge in [0.2, 0.25) is 0 Å². The van der Waals surface area contributed by atoms with Crippen LogP contribution in [0.25, 0.3) is 11.4 Å². The second-order valence-electron chi connectivity index (χ2n) is 5.59. The van der Waals surface area contributed by atoms with Crippen molar-refractivity contribution in [2.75, 3.05) is 5.73 Å². The molecule has 7 heteroatoms. The van der Waals surface area contributed by atoms with E-state index in [1.54, 1.807) is 4.68 Å². The van der Waals surface area contributed by atoms with Crippen LogP contribution < -0.4 is 5.73 Å². The van der Waals surface area contributed by atoms with Crippen molar-refractivity contribution in [3.05, 3.63) is 23.8 Å². The van der Waals surface area contributed by atoms with Crippen LogP contribution >= 0.6 is 0 Å². The van der Waals surface area contributed by atoms with Gasteiger partial charge in [0.25, 0.3) is 0 Å². The number of nitrogens with two attached hydrogens (primary N) is 1. The number of nitrogens with zero attached hydrogens (tertiary/aromatic N) is 4. The van der Waals surface area contributed by atoms with Gasteiger partial charge in [-0.05, 0) is 42.2 Å². The summed E-state index contributed by atoms with van der Waals surface area (Å²) >= 11 is 0. The topological polar surface area (TPSA) is 69.6 Å². The molecule has 3 rings (SSSR count). The molecular formula is C14H17F2N5. The summed E-state index contributed by atoms with van der Waals surface area (Å²) in [6.07, 6.45) is 4.64. The van der Waals surface area contributed by atoms with Gasteiger partial charge in [-0.25, -0.2) is 13.5 Å². The van der Waals surface area contributed by atoms with E-state index in [2.05, 4.69) is 15.5 Å². The van der Waals surface area contributed by atoms with Crippen LogP contribution in [0.2, 0.25) is 0 Å². The van der Waals surface area contributed by atoms with Crippen LogP contribution in [0.4, 0.5) is 14.5 Å². The standard InChI is InChI=1S/C14H17F2N5/c1-8(9-4-2-3-5-9)21-14(18-19-20-21)10-6-13(17)12(16)7-11(10)15/h6-9H,2-5,17H2,1H3. The first-order chi connectivity index (χ1) is 10.1. The molecule has 1 aliphatic rings. The normalized spacial score (nSPS) is 17.3. The Bertz CT molecular complexity index is 649. The summed E-state index contributed by atoms with van der Waals surface area (Å²) in [5.41, 5.74) is 5.54. The van der Waals surface area contributed by atoms with Gasteiger partial charge in [-0.15, -0.1) is 5.10 Å². The van der Waals surface area contributed by atoms with E-state index >= 15 is 0 Å². The monoisotopic (exact) mass is 293 g/mol. The smallest absolute Gasteiger partial charge is 0.185 e. The first-order valence-corrected chi connectivity index (χ1v) is 7.10. The fourth-order valence-electron chi connectivity index (χ4n) is 3.02. The summed E-state index contributed by atoms with van der Waals surface area (Å²) in [4.78, 5) is 0. The molecule has 2 N–H and O–H groups in total. The lowest BCUT2D eigenvalue weighted by molar-refractivity contribution is 0.332. The summed E-state index contributed by atoms with van der Waals surface area (Å²) in [6, 6.07) is 2.08. The molecule has 0 amide bonds. The summed E-state index contributed by atoms with van der Waals surface area (Å²) in [6.45, 7) is 2.03. The summed E-state index contributed by atoms with van der Waals surface area (Å²) in [5.74, 6) is -0.720. The number of halogens is 2. The van der Waals surface area contributed by atoms with E-state index in [0.29, 0.717) is 11.7 Å². The van der Waals surface area contributed by atoms with E-state index in [0.717, 1.165) is 18.9 Å². The second kappa shape index (κ2) is 5.38. The largest absolute Gasteiger partial charge is 0.396 e. The van der Waals surface area contributed by atoms with E-state index in [9.17, 15) is 8.78 Å². The fraction of sp³-hybridized carbons (Fsp3) is 0.500. The van der Waals surface area contributed by atoms with Gasteiger partial charge in [0.05, 0.1) is 17.3 Å². The number of tetrazole rings is 1. The van der Waals surface area contributed by atoms with Crippen molar-refractivity contribution >= 4 is 5.69 Å². The highest BCUT2D eigenvalue weighted by atomic mass is 19.1. The average Bonchev–Trinajstić information content (AvgIpc) is 3.12. The molecule has 0 radical (unpaired) electrons. The Morgan fingerprint density at radius 1 is 1.24 bits per heavy atom. The van der Waals surface area contributed by atoms with Crippen LogP contribution in [0, 0.1) is 17.6 Å². The van der Waals surface area contributed by atoms with Gasteiger partial charge in [0.1, 0.15) is 11.6 Å². The molecule has 1 unspecified atom stereocenters. The van der Waals surface area contributed by atoms with Gasteiger partial charge in [0.15, 0.2) is 5.82 Å². The van der Waals surface area contributed by atoms with Crippen molar-refractivity contribution in [1.29, 1.82) is 0 Å². The van der Waals surface area contributed by atoms with Crippen LogP contribution in [0.3, 0.4) is 0 Å². The van der Waals surface area contributed by atoms with Crippen molar-refractivity contribution in [1.82, 2.24) is 20.2 Å². The zero-order valence-electron chi connectivity index (χ0n) is 11.8. The number of nitrogen functional groups attached to an aromatic ring is 1. The van der Waals surface area contributed by atoms with Gasteiger partial charge in [-0.1, -0.05) is 12.8 Å². The summed E-state index contributed by atoms with van der Waals surface area (Å²) in [5, 5.41) is 11.5. The first-order valence-electron chi connectivity index (χ1n) is 7.10. The van der Waals surface area contributed by atoms with E-state index < -0.39 is 11.6 Å². The fourth-order valence-corrected chi connectivity index (χ4v) is 3.02. The Balaban J connectivity index is 2.00. The molecule has 0 saturated heterocycles. The lowest BCUT2D eigenvalue weighted by Gasteiger charge is -2.20. The third-order valence-corrected chi connectivity index (χ3v) is 4.29. The van der Waals surface area contributed by atoms with Crippen molar-refractivity contribution in [2.45, 2.75) is 38.6 Å². The van der Waals surface area contributed by atoms with Crippen molar-refractivity contribution in [3.63, 3.8) is 0 Å². The maximum Gasteiger partial charge on any atom is 0.185 e. The van der Waals surface area contributed by atoms with Gasteiger partial charge >= 0.3 is 0 Å². The third-order valence-electron chi connectivity index (χ3n) is 4.29. The van der Waals surface area contributed by atoms with Crippen molar-refractivity contribution in [2.24, 2.45) is 5.92 Å². The summed E-state index contributed by atoms with van der Waals surface area (Å²) < 4.78 is 28.9. The summed E-state index contributed by atoms with van der Waals surface area (Å²) in [7, 11) is 0. The van der Waals surface area contributed by atoms with Crippen molar-refractivity contribution in [3.8, 4) is 11.4 Å². The third kappa shape index (κ3) is 2.48. The molecule has 1 heterocycles. The average molecular weight is 293 g/mol. The molecular weight excluding hydrogens is 276 g/mol. The number of aromatic nitrogens is 4. The number of anilines is 1. The van der Waals surface area contributed by atoms with Crippen LogP contribution in [0.5, 0.6) is 0 Å². The highest BCUT2D eigenvalue weighted by Gasteiger charge is 2.27. The van der Waals surface area contributed by atoms with Crippen LogP contribution in [0.15, 0.2) is 12.1 Å². The minimum Gasteiger partial charge on any atom is -0.396 e. The molecule has 1 atom stereocenters. The Kier molecular flexibility index (Phi) is 3.57. The molecule has 1 aromatic carbocycles. The molecule has 21 heavy (non-hydrogen) atoms. The van der Waals surface area contributed by atoms with Gasteiger partial charge in [0, 0.05) is 6.07 Å². The minimum absolute atomic E-state index is 0.0724. The molecule has 0 bridgehead atoms. The van der Waals surface area contributed by atoms with E-state index in [1.165, 1.54) is 18.9 Å². The quantitative estimate of drug-likeness (QED) is 0.883. The molecule has 112 valence electrons. The lowest BCUT2D eigenvalue weighted by Crippen LogP contribution is -2.17. The Morgan fingerprint density at radius 2 is 1.95 bits per heavy atom. The van der Waals surface area contributed by atoms with Crippen LogP contribution in [0.1, 0.15) is 38.6 Å². The van der Waals surface area contributed by atoms with Gasteiger partial charge < -0.3 is 5.73 Å². The second-order valence-corrected chi connectivity index (χ2v) is 5.59. The van der Waals surface area contributed by atoms with Gasteiger partial charge in [-0.2, -0.15) is 0 Å². The predicted octanol–water partition coefficient (Wildman–Crippen LogP) is 2.95. The SMILES string of the molecule is CC(C1CCCC1)n1nnnc1-c1cc(N)c(F)cc1F. The zero-order chi connectivity index (χ0) is 15.0. The molecule has 1 saturated carbocycles. The molecule has 0 aliphatic heterocycles. The minimum atomic E-state index is -0.779. The molecule has 0 spiro atoms. The van der Waals surface area contributed by atoms with Crippen molar-refractivity contribution < 1.29 is 8.78 Å². The number of rotatable bonds is 3. The zero-order valence-corrected chi connectivity index (χ0v) is 11.8. The first kappa shape index (κ1) is 13.9. The van der Waals surface area contributed by atoms with Crippen LogP contribution in [-0.2, 0) is 0 Å². The Morgan fingerprint density at radius 3 is 2.67 bits per heavy atom. The van der Waals surface area contributed by atoms with E-state index in [4.69, 9.17) is 5.73 Å². The maximum atomic E-state index is 14.0. The van der Waals surface area contributed by atoms with Gasteiger partial charge in [-0.3, -0.25) is 0 Å². The highest BCUT2D eigenvalue weighted by Crippen LogP contribution is 2.35. The van der Waals surface area contributed by atoms with E-state index in [1.807, 2.05) is 6.92 Å². The number of hydrogen-bond acceptors (Lipinski definition) is 4. The van der Waals surface area contributed by atoms with E-state index in [-0.39, 0.29) is 17.3 Å². The molecule has 1 aliphatic carbocycles. The van der Waals surface area contributed by atoms with Crippen LogP contribution in [-0.4, -0.2) is 20.2 Å². The number of benzene rings is 1. The maximum absolute atomic E-state index is 14.0. The molecule has 1 fully saturated rings. The Hall–Kier alpha value is -2.05. The molecule has 5 nitrogen and oxygen atoms in total. The molecule has 2 aromatic rings. The predicted molar refractivity (Wildman–Crippen MR) is 74.3 cm³/mol.